The van der Waals surface area contributed by atoms with Gasteiger partial charge in [-0.15, -0.1) is 0 Å². The van der Waals surface area contributed by atoms with Crippen LogP contribution in [0.25, 0.3) is 0 Å². The van der Waals surface area contributed by atoms with Gasteiger partial charge in [-0.2, -0.15) is 0 Å². The first-order chi connectivity index (χ1) is 8.31. The van der Waals surface area contributed by atoms with E-state index in [0.29, 0.717) is 13.0 Å². The molecule has 0 aliphatic rings. The normalized spacial score (nSPS) is 14.1. The van der Waals surface area contributed by atoms with Gasteiger partial charge < -0.3 is 20.6 Å². The third-order valence-corrected chi connectivity index (χ3v) is 2.89. The summed E-state index contributed by atoms with van der Waals surface area (Å²) in [7, 11) is 4.00. The van der Waals surface area contributed by atoms with Gasteiger partial charge in [-0.05, 0) is 46.8 Å². The van der Waals surface area contributed by atoms with Crippen molar-refractivity contribution in [3.63, 3.8) is 0 Å². The van der Waals surface area contributed by atoms with Crippen molar-refractivity contribution in [2.45, 2.75) is 38.6 Å². The number of hydrogen-bond acceptors (Lipinski definition) is 3. The second-order valence-electron chi connectivity index (χ2n) is 4.88. The smallest absolute Gasteiger partial charge is 0.329 e. The Labute approximate surface area is 109 Å². The van der Waals surface area contributed by atoms with Gasteiger partial charge in [0.25, 0.3) is 0 Å². The molecular formula is C12H25N3O3. The first-order valence-electron chi connectivity index (χ1n) is 6.26. The second-order valence-corrected chi connectivity index (χ2v) is 4.88. The molecule has 1 atom stereocenters. The molecule has 18 heavy (non-hydrogen) atoms. The van der Waals surface area contributed by atoms with E-state index in [-0.39, 0.29) is 0 Å². The molecule has 0 saturated carbocycles. The molecule has 0 spiro atoms. The number of hydrogen-bond donors (Lipinski definition) is 3. The van der Waals surface area contributed by atoms with Crippen molar-refractivity contribution in [2.75, 3.05) is 27.2 Å². The van der Waals surface area contributed by atoms with E-state index in [1.54, 1.807) is 6.92 Å². The summed E-state index contributed by atoms with van der Waals surface area (Å²) in [5.41, 5.74) is -1.20. The number of carboxylic acid groups (broad SMARTS) is 1. The third kappa shape index (κ3) is 6.44. The first kappa shape index (κ1) is 16.7. The maximum atomic E-state index is 11.5. The van der Waals surface area contributed by atoms with E-state index < -0.39 is 17.5 Å². The van der Waals surface area contributed by atoms with Crippen LogP contribution >= 0.6 is 0 Å². The molecule has 0 radical (unpaired) electrons. The second kappa shape index (κ2) is 7.92. The Morgan fingerprint density at radius 1 is 1.28 bits per heavy atom. The lowest BCUT2D eigenvalue weighted by atomic mass is 10.00. The number of unbranched alkanes of at least 4 members (excludes halogenated alkanes) is 1. The van der Waals surface area contributed by atoms with Crippen LogP contribution in [0.1, 0.15) is 33.1 Å². The van der Waals surface area contributed by atoms with Crippen molar-refractivity contribution < 1.29 is 14.7 Å². The highest BCUT2D eigenvalue weighted by Gasteiger charge is 2.32. The predicted octanol–water partition coefficient (Wildman–Crippen LogP) is 0.881. The Morgan fingerprint density at radius 3 is 2.33 bits per heavy atom. The van der Waals surface area contributed by atoms with Gasteiger partial charge in [-0.1, -0.05) is 6.92 Å². The molecule has 0 fully saturated rings. The molecule has 6 heteroatoms. The fourth-order valence-electron chi connectivity index (χ4n) is 1.34. The van der Waals surface area contributed by atoms with E-state index in [4.69, 9.17) is 5.11 Å². The number of urea groups is 1. The number of carbonyl (C=O) groups excluding carboxylic acids is 1. The SMILES string of the molecule is CCC(C)(NC(=O)NCCCCN(C)C)C(=O)O. The summed E-state index contributed by atoms with van der Waals surface area (Å²) in [4.78, 5) is 24.6. The molecule has 2 amide bonds. The number of aliphatic carboxylic acids is 1. The Morgan fingerprint density at radius 2 is 1.89 bits per heavy atom. The summed E-state index contributed by atoms with van der Waals surface area (Å²) in [5.74, 6) is -1.02. The zero-order valence-electron chi connectivity index (χ0n) is 11.7. The van der Waals surface area contributed by atoms with Crippen LogP contribution < -0.4 is 10.6 Å². The van der Waals surface area contributed by atoms with Crippen molar-refractivity contribution in [2.24, 2.45) is 0 Å². The molecule has 0 aromatic carbocycles. The summed E-state index contributed by atoms with van der Waals surface area (Å²) in [6.45, 7) is 4.76. The summed E-state index contributed by atoms with van der Waals surface area (Å²) >= 11 is 0. The largest absolute Gasteiger partial charge is 0.480 e. The Balaban J connectivity index is 3.87. The lowest BCUT2D eigenvalue weighted by molar-refractivity contribution is -0.143. The number of carbonyl (C=O) groups is 2. The molecule has 1 unspecified atom stereocenters. The number of rotatable bonds is 8. The highest BCUT2D eigenvalue weighted by molar-refractivity contribution is 5.85. The summed E-state index contributed by atoms with van der Waals surface area (Å²) < 4.78 is 0. The van der Waals surface area contributed by atoms with Gasteiger partial charge in [0.15, 0.2) is 0 Å². The van der Waals surface area contributed by atoms with Crippen LogP contribution in [-0.2, 0) is 4.79 Å². The molecule has 0 aliphatic carbocycles. The summed E-state index contributed by atoms with van der Waals surface area (Å²) in [6, 6.07) is -0.424. The van der Waals surface area contributed by atoms with Gasteiger partial charge >= 0.3 is 12.0 Å². The molecule has 106 valence electrons. The molecule has 3 N–H and O–H groups in total. The number of nitrogens with one attached hydrogen (secondary N) is 2. The minimum atomic E-state index is -1.20. The third-order valence-electron chi connectivity index (χ3n) is 2.89. The van der Waals surface area contributed by atoms with Gasteiger partial charge in [-0.3, -0.25) is 0 Å². The molecule has 6 nitrogen and oxygen atoms in total. The standard InChI is InChI=1S/C12H25N3O3/c1-5-12(2,10(16)17)14-11(18)13-8-6-7-9-15(3)4/h5-9H2,1-4H3,(H,16,17)(H2,13,14,18). The Hall–Kier alpha value is -1.30. The lowest BCUT2D eigenvalue weighted by Crippen LogP contribution is -2.54. The average molecular weight is 259 g/mol. The fraction of sp³-hybridized carbons (Fsp3) is 0.833. The van der Waals surface area contributed by atoms with Crippen LogP contribution in [0, 0.1) is 0 Å². The molecule has 0 aromatic heterocycles. The van der Waals surface area contributed by atoms with E-state index in [9.17, 15) is 9.59 Å². The van der Waals surface area contributed by atoms with Crippen LogP contribution in [0.2, 0.25) is 0 Å². The van der Waals surface area contributed by atoms with Crippen molar-refractivity contribution in [1.82, 2.24) is 15.5 Å². The van der Waals surface area contributed by atoms with Crippen molar-refractivity contribution in [3.05, 3.63) is 0 Å². The predicted molar refractivity (Wildman–Crippen MR) is 70.7 cm³/mol. The Bertz CT molecular complexity index is 282. The molecule has 0 aromatic rings. The summed E-state index contributed by atoms with van der Waals surface area (Å²) in [5, 5.41) is 14.2. The lowest BCUT2D eigenvalue weighted by Gasteiger charge is -2.24. The number of carboxylic acids is 1. The van der Waals surface area contributed by atoms with Gasteiger partial charge in [-0.25, -0.2) is 9.59 Å². The minimum absolute atomic E-state index is 0.344. The molecule has 0 heterocycles. The van der Waals surface area contributed by atoms with Crippen LogP contribution in [0.3, 0.4) is 0 Å². The van der Waals surface area contributed by atoms with Crippen LogP contribution in [0.15, 0.2) is 0 Å². The molecule has 0 aliphatic heterocycles. The van der Waals surface area contributed by atoms with E-state index >= 15 is 0 Å². The molecule has 0 rings (SSSR count). The highest BCUT2D eigenvalue weighted by Crippen LogP contribution is 2.08. The maximum absolute atomic E-state index is 11.5. The Kier molecular flexibility index (Phi) is 7.35. The van der Waals surface area contributed by atoms with Crippen LogP contribution in [0.4, 0.5) is 4.79 Å². The van der Waals surface area contributed by atoms with Gasteiger partial charge in [0.05, 0.1) is 0 Å². The van der Waals surface area contributed by atoms with E-state index in [1.165, 1.54) is 6.92 Å². The highest BCUT2D eigenvalue weighted by atomic mass is 16.4. The zero-order chi connectivity index (χ0) is 14.2. The zero-order valence-corrected chi connectivity index (χ0v) is 11.7. The van der Waals surface area contributed by atoms with Gasteiger partial charge in [0.1, 0.15) is 5.54 Å². The summed E-state index contributed by atoms with van der Waals surface area (Å²) in [6.07, 6.45) is 2.22. The quantitative estimate of drug-likeness (QED) is 0.565. The fourth-order valence-corrected chi connectivity index (χ4v) is 1.34. The van der Waals surface area contributed by atoms with E-state index in [2.05, 4.69) is 15.5 Å². The van der Waals surface area contributed by atoms with Crippen LogP contribution in [0.5, 0.6) is 0 Å². The van der Waals surface area contributed by atoms with Gasteiger partial charge in [0, 0.05) is 6.54 Å². The monoisotopic (exact) mass is 259 g/mol. The van der Waals surface area contributed by atoms with Crippen LogP contribution in [-0.4, -0.2) is 54.7 Å². The van der Waals surface area contributed by atoms with Gasteiger partial charge in [0.2, 0.25) is 0 Å². The first-order valence-corrected chi connectivity index (χ1v) is 6.26. The minimum Gasteiger partial charge on any atom is -0.480 e. The van der Waals surface area contributed by atoms with Crippen molar-refractivity contribution >= 4 is 12.0 Å². The van der Waals surface area contributed by atoms with Crippen molar-refractivity contribution in [1.29, 1.82) is 0 Å². The van der Waals surface area contributed by atoms with E-state index in [1.807, 2.05) is 14.1 Å². The maximum Gasteiger partial charge on any atom is 0.329 e. The molecule has 0 bridgehead atoms. The van der Waals surface area contributed by atoms with E-state index in [0.717, 1.165) is 19.4 Å². The number of amides is 2. The number of nitrogens with zero attached hydrogens (tertiary/aromatic N) is 1. The molecular weight excluding hydrogens is 234 g/mol. The molecule has 0 saturated heterocycles. The van der Waals surface area contributed by atoms with Crippen molar-refractivity contribution in [3.8, 4) is 0 Å². The average Bonchev–Trinajstić information content (AvgIpc) is 2.27. The topological polar surface area (TPSA) is 81.7 Å².